The number of aromatic nitrogens is 3. The summed E-state index contributed by atoms with van der Waals surface area (Å²) in [5.41, 5.74) is 3.11. The molecule has 0 spiro atoms. The minimum atomic E-state index is 0.225. The quantitative estimate of drug-likeness (QED) is 0.360. The van der Waals surface area contributed by atoms with Crippen LogP contribution in [0, 0.1) is 4.77 Å². The zero-order valence-corrected chi connectivity index (χ0v) is 20.4. The van der Waals surface area contributed by atoms with Crippen LogP contribution in [0.3, 0.4) is 0 Å². The second-order valence-corrected chi connectivity index (χ2v) is 9.33. The van der Waals surface area contributed by atoms with Crippen LogP contribution in [0.25, 0.3) is 17.1 Å². The Hall–Kier alpha value is -2.94. The van der Waals surface area contributed by atoms with Crippen LogP contribution < -0.4 is 4.90 Å². The van der Waals surface area contributed by atoms with Gasteiger partial charge in [0.05, 0.1) is 12.4 Å². The highest BCUT2D eigenvalue weighted by molar-refractivity contribution is 9.10. The fourth-order valence-corrected chi connectivity index (χ4v) is 4.65. The summed E-state index contributed by atoms with van der Waals surface area (Å²) in [7, 11) is 0. The normalized spacial score (nSPS) is 14.5. The standard InChI is InChI=1S/C25H24BrN5OS/c26-20-8-10-22(11-9-20)31-24(19-6-12-23(32)13-7-19)27-30(25(31)33)18-28-14-16-29(17-15-28)21-4-2-1-3-5-21/h1-13,32H,14-18H2. The molecular formula is C25H24BrN5OS. The maximum Gasteiger partial charge on any atom is 0.204 e. The number of benzene rings is 3. The Bertz CT molecular complexity index is 1280. The maximum absolute atomic E-state index is 9.73. The molecule has 1 saturated heterocycles. The van der Waals surface area contributed by atoms with Crippen LogP contribution in [-0.4, -0.2) is 50.5 Å². The summed E-state index contributed by atoms with van der Waals surface area (Å²) in [6.45, 7) is 4.45. The Morgan fingerprint density at radius 2 is 1.48 bits per heavy atom. The molecule has 1 aliphatic heterocycles. The lowest BCUT2D eigenvalue weighted by Gasteiger charge is -2.35. The van der Waals surface area contributed by atoms with Gasteiger partial charge in [0.1, 0.15) is 5.75 Å². The highest BCUT2D eigenvalue weighted by Gasteiger charge is 2.20. The number of rotatable bonds is 5. The first-order chi connectivity index (χ1) is 16.1. The van der Waals surface area contributed by atoms with Gasteiger partial charge in [-0.3, -0.25) is 9.47 Å². The molecule has 0 bridgehead atoms. The number of aromatic hydroxyl groups is 1. The smallest absolute Gasteiger partial charge is 0.204 e. The highest BCUT2D eigenvalue weighted by Crippen LogP contribution is 2.26. The number of phenolic OH excluding ortho intramolecular Hbond substituents is 1. The fourth-order valence-electron chi connectivity index (χ4n) is 4.10. The molecule has 2 heterocycles. The second kappa shape index (κ2) is 9.51. The summed E-state index contributed by atoms with van der Waals surface area (Å²) in [6.07, 6.45) is 0. The Balaban J connectivity index is 1.42. The molecular weight excluding hydrogens is 498 g/mol. The van der Waals surface area contributed by atoms with Crippen LogP contribution in [-0.2, 0) is 6.67 Å². The van der Waals surface area contributed by atoms with Crippen molar-refractivity contribution in [1.82, 2.24) is 19.2 Å². The summed E-state index contributed by atoms with van der Waals surface area (Å²) >= 11 is 9.39. The first-order valence-corrected chi connectivity index (χ1v) is 12.1. The van der Waals surface area contributed by atoms with Crippen molar-refractivity contribution in [2.45, 2.75) is 6.67 Å². The molecule has 8 heteroatoms. The van der Waals surface area contributed by atoms with Gasteiger partial charge >= 0.3 is 0 Å². The molecule has 0 unspecified atom stereocenters. The third kappa shape index (κ3) is 4.73. The van der Waals surface area contributed by atoms with Gasteiger partial charge < -0.3 is 10.0 Å². The summed E-state index contributed by atoms with van der Waals surface area (Å²) < 4.78 is 5.55. The number of halogens is 1. The molecule has 0 atom stereocenters. The molecule has 0 radical (unpaired) electrons. The lowest BCUT2D eigenvalue weighted by molar-refractivity contribution is 0.194. The number of hydrogen-bond donors (Lipinski definition) is 1. The molecule has 0 aliphatic carbocycles. The predicted octanol–water partition coefficient (Wildman–Crippen LogP) is 5.32. The predicted molar refractivity (Wildman–Crippen MR) is 137 cm³/mol. The van der Waals surface area contributed by atoms with E-state index in [2.05, 4.69) is 56.1 Å². The van der Waals surface area contributed by atoms with E-state index < -0.39 is 0 Å². The van der Waals surface area contributed by atoms with Crippen LogP contribution in [0.5, 0.6) is 5.75 Å². The lowest BCUT2D eigenvalue weighted by atomic mass is 10.2. The van der Waals surface area contributed by atoms with Crippen molar-refractivity contribution in [3.8, 4) is 22.8 Å². The molecule has 1 fully saturated rings. The number of phenols is 1. The number of para-hydroxylation sites is 1. The summed E-state index contributed by atoms with van der Waals surface area (Å²) in [5, 5.41) is 14.6. The van der Waals surface area contributed by atoms with Crippen molar-refractivity contribution in [2.24, 2.45) is 0 Å². The van der Waals surface area contributed by atoms with Gasteiger partial charge in [0.25, 0.3) is 0 Å². The zero-order chi connectivity index (χ0) is 22.8. The van der Waals surface area contributed by atoms with Crippen molar-refractivity contribution >= 4 is 33.8 Å². The van der Waals surface area contributed by atoms with E-state index in [1.54, 1.807) is 12.1 Å². The van der Waals surface area contributed by atoms with Gasteiger partial charge in [-0.25, -0.2) is 4.68 Å². The van der Waals surface area contributed by atoms with Gasteiger partial charge in [-0.2, -0.15) is 0 Å². The molecule has 1 N–H and O–H groups in total. The van der Waals surface area contributed by atoms with E-state index in [4.69, 9.17) is 17.3 Å². The van der Waals surface area contributed by atoms with Crippen molar-refractivity contribution in [1.29, 1.82) is 0 Å². The topological polar surface area (TPSA) is 49.5 Å². The largest absolute Gasteiger partial charge is 0.508 e. The van der Waals surface area contributed by atoms with E-state index in [1.807, 2.05) is 45.6 Å². The number of hydrogen-bond acceptors (Lipinski definition) is 5. The average molecular weight is 522 g/mol. The molecule has 6 nitrogen and oxygen atoms in total. The minimum absolute atomic E-state index is 0.225. The van der Waals surface area contributed by atoms with Crippen LogP contribution in [0.4, 0.5) is 5.69 Å². The SMILES string of the molecule is Oc1ccc(-c2nn(CN3CCN(c4ccccc4)CC3)c(=S)n2-c2ccc(Br)cc2)cc1. The van der Waals surface area contributed by atoms with Crippen molar-refractivity contribution in [3.05, 3.63) is 88.1 Å². The van der Waals surface area contributed by atoms with E-state index in [1.165, 1.54) is 5.69 Å². The Morgan fingerprint density at radius 1 is 0.818 bits per heavy atom. The minimum Gasteiger partial charge on any atom is -0.508 e. The van der Waals surface area contributed by atoms with Crippen molar-refractivity contribution < 1.29 is 5.11 Å². The van der Waals surface area contributed by atoms with Crippen LogP contribution in [0.2, 0.25) is 0 Å². The van der Waals surface area contributed by atoms with Crippen LogP contribution >= 0.6 is 28.1 Å². The van der Waals surface area contributed by atoms with E-state index >= 15 is 0 Å². The van der Waals surface area contributed by atoms with Gasteiger partial charge in [-0.05, 0) is 72.9 Å². The number of piperazine rings is 1. The summed E-state index contributed by atoms with van der Waals surface area (Å²) in [5.74, 6) is 0.980. The van der Waals surface area contributed by atoms with Gasteiger partial charge in [0, 0.05) is 41.9 Å². The first-order valence-electron chi connectivity index (χ1n) is 10.9. The van der Waals surface area contributed by atoms with E-state index in [0.717, 1.165) is 47.7 Å². The number of anilines is 1. The van der Waals surface area contributed by atoms with Gasteiger partial charge in [-0.15, -0.1) is 5.10 Å². The average Bonchev–Trinajstić information content (AvgIpc) is 3.17. The summed E-state index contributed by atoms with van der Waals surface area (Å²) in [4.78, 5) is 4.80. The van der Waals surface area contributed by atoms with Gasteiger partial charge in [0.2, 0.25) is 4.77 Å². The van der Waals surface area contributed by atoms with E-state index in [0.29, 0.717) is 11.4 Å². The third-order valence-corrected chi connectivity index (χ3v) is 6.80. The van der Waals surface area contributed by atoms with Crippen LogP contribution in [0.15, 0.2) is 83.3 Å². The van der Waals surface area contributed by atoms with E-state index in [9.17, 15) is 5.11 Å². The molecule has 1 aromatic heterocycles. The molecule has 168 valence electrons. The number of nitrogens with zero attached hydrogens (tertiary/aromatic N) is 5. The molecule has 0 saturated carbocycles. The zero-order valence-electron chi connectivity index (χ0n) is 18.0. The fraction of sp³-hybridized carbons (Fsp3) is 0.200. The van der Waals surface area contributed by atoms with Crippen LogP contribution in [0.1, 0.15) is 0 Å². The van der Waals surface area contributed by atoms with Gasteiger partial charge in [0.15, 0.2) is 5.82 Å². The molecule has 5 rings (SSSR count). The highest BCUT2D eigenvalue weighted by atomic mass is 79.9. The van der Waals surface area contributed by atoms with Crippen molar-refractivity contribution in [3.63, 3.8) is 0 Å². The van der Waals surface area contributed by atoms with Gasteiger partial charge in [-0.1, -0.05) is 34.1 Å². The Labute approximate surface area is 206 Å². The van der Waals surface area contributed by atoms with Crippen molar-refractivity contribution in [2.75, 3.05) is 31.1 Å². The van der Waals surface area contributed by atoms with E-state index in [-0.39, 0.29) is 5.75 Å². The lowest BCUT2D eigenvalue weighted by Crippen LogP contribution is -2.47. The Kier molecular flexibility index (Phi) is 6.30. The third-order valence-electron chi connectivity index (χ3n) is 5.88. The molecule has 33 heavy (non-hydrogen) atoms. The second-order valence-electron chi connectivity index (χ2n) is 8.05. The molecule has 1 aliphatic rings. The Morgan fingerprint density at radius 3 is 2.15 bits per heavy atom. The first kappa shape index (κ1) is 21.9. The summed E-state index contributed by atoms with van der Waals surface area (Å²) in [6, 6.07) is 25.7. The monoisotopic (exact) mass is 521 g/mol. The molecule has 4 aromatic rings. The maximum atomic E-state index is 9.73. The molecule has 0 amide bonds. The molecule has 3 aromatic carbocycles.